The van der Waals surface area contributed by atoms with E-state index < -0.39 is 81.9 Å². The van der Waals surface area contributed by atoms with Crippen LogP contribution >= 0.6 is 0 Å². The lowest BCUT2D eigenvalue weighted by molar-refractivity contribution is 0.417. The van der Waals surface area contributed by atoms with Gasteiger partial charge >= 0.3 is 0 Å². The average molecular weight is 532 g/mol. The molecule has 32 heavy (non-hydrogen) atoms. The van der Waals surface area contributed by atoms with Gasteiger partial charge in [0.05, 0.1) is 17.7 Å². The Balaban J connectivity index is 2.88. The van der Waals surface area contributed by atoms with E-state index in [9.17, 15) is 51.9 Å². The number of hydrogen-bond donors (Lipinski definition) is 5. The van der Waals surface area contributed by atoms with Crippen molar-refractivity contribution in [3.8, 4) is 5.75 Å². The zero-order valence-corrected chi connectivity index (χ0v) is 18.7. The molecule has 18 heteroatoms. The van der Waals surface area contributed by atoms with Gasteiger partial charge in [-0.2, -0.15) is 33.7 Å². The summed E-state index contributed by atoms with van der Waals surface area (Å²) < 4.78 is 136. The predicted molar refractivity (Wildman–Crippen MR) is 109 cm³/mol. The van der Waals surface area contributed by atoms with Gasteiger partial charge in [0.25, 0.3) is 44.6 Å². The largest absolute Gasteiger partial charge is 0.495 e. The number of benzene rings is 2. The molecule has 0 unspecified atom stereocenters. The zero-order chi connectivity index (χ0) is 24.7. The SMILES string of the molecule is COc1cc2c3c(cc(S(=O)(=O)O)cc3c1N)C(S(=O)(=O)O)(S(=O)(=O)O)C=C2S(=O)(=O)O. The molecule has 3 rings (SSSR count). The van der Waals surface area contributed by atoms with E-state index in [4.69, 9.17) is 10.5 Å². The monoisotopic (exact) mass is 531 g/mol. The molecular formula is C14H13NO13S4. The normalized spacial score (nSPS) is 16.6. The van der Waals surface area contributed by atoms with Crippen molar-refractivity contribution >= 4 is 61.8 Å². The Hall–Kier alpha value is -2.32. The van der Waals surface area contributed by atoms with Gasteiger partial charge < -0.3 is 10.5 Å². The Morgan fingerprint density at radius 3 is 1.78 bits per heavy atom. The molecule has 0 radical (unpaired) electrons. The third kappa shape index (κ3) is 3.35. The van der Waals surface area contributed by atoms with Crippen molar-refractivity contribution in [3.63, 3.8) is 0 Å². The van der Waals surface area contributed by atoms with Crippen LogP contribution in [-0.4, -0.2) is 59.0 Å². The summed E-state index contributed by atoms with van der Waals surface area (Å²) in [5, 5.41) is -1.24. The highest BCUT2D eigenvalue weighted by Gasteiger charge is 2.59. The summed E-state index contributed by atoms with van der Waals surface area (Å²) in [6, 6.07) is 1.79. The topological polar surface area (TPSA) is 253 Å². The van der Waals surface area contributed by atoms with Gasteiger partial charge in [-0.15, -0.1) is 0 Å². The maximum absolute atomic E-state index is 12.3. The van der Waals surface area contributed by atoms with E-state index in [1.807, 2.05) is 0 Å². The van der Waals surface area contributed by atoms with Crippen LogP contribution in [0.5, 0.6) is 5.75 Å². The van der Waals surface area contributed by atoms with Gasteiger partial charge in [-0.25, -0.2) is 0 Å². The van der Waals surface area contributed by atoms with Crippen molar-refractivity contribution < 1.29 is 56.6 Å². The summed E-state index contributed by atoms with van der Waals surface area (Å²) in [6.07, 6.45) is -0.187. The second-order valence-corrected chi connectivity index (χ2v) is 12.8. The summed E-state index contributed by atoms with van der Waals surface area (Å²) in [4.78, 5) is -2.51. The Morgan fingerprint density at radius 2 is 1.38 bits per heavy atom. The molecule has 6 N–H and O–H groups in total. The van der Waals surface area contributed by atoms with Crippen molar-refractivity contribution in [2.24, 2.45) is 0 Å². The summed E-state index contributed by atoms with van der Waals surface area (Å²) in [5.74, 6) is -0.313. The van der Waals surface area contributed by atoms with Crippen LogP contribution in [0.15, 0.2) is 29.2 Å². The maximum atomic E-state index is 12.3. The molecule has 2 aromatic rings. The molecule has 0 saturated carbocycles. The second-order valence-electron chi connectivity index (χ2n) is 6.51. The zero-order valence-electron chi connectivity index (χ0n) is 15.5. The molecule has 0 atom stereocenters. The molecule has 1 aliphatic rings. The first-order chi connectivity index (χ1) is 14.3. The third-order valence-corrected chi connectivity index (χ3v) is 9.93. The number of ether oxygens (including phenoxy) is 1. The van der Waals surface area contributed by atoms with Crippen LogP contribution in [-0.2, 0) is 44.6 Å². The Bertz CT molecular complexity index is 1620. The quantitative estimate of drug-likeness (QED) is 0.248. The molecule has 14 nitrogen and oxygen atoms in total. The van der Waals surface area contributed by atoms with Gasteiger partial charge in [-0.05, 0) is 29.7 Å². The molecule has 0 fully saturated rings. The molecule has 0 amide bonds. The first kappa shape index (κ1) is 24.3. The van der Waals surface area contributed by atoms with Gasteiger partial charge in [0, 0.05) is 16.5 Å². The number of nitrogens with two attached hydrogens (primary N) is 1. The molecule has 0 bridgehead atoms. The number of rotatable bonds is 5. The van der Waals surface area contributed by atoms with Gasteiger partial charge in [-0.3, -0.25) is 18.2 Å². The molecule has 0 heterocycles. The van der Waals surface area contributed by atoms with E-state index in [-0.39, 0.29) is 17.9 Å². The van der Waals surface area contributed by atoms with Crippen LogP contribution in [0.2, 0.25) is 0 Å². The fourth-order valence-electron chi connectivity index (χ4n) is 3.42. The molecule has 0 saturated heterocycles. The summed E-state index contributed by atoms with van der Waals surface area (Å²) in [6.45, 7) is 0. The lowest BCUT2D eigenvalue weighted by Gasteiger charge is -2.32. The maximum Gasteiger partial charge on any atom is 0.296 e. The number of methoxy groups -OCH3 is 1. The lowest BCUT2D eigenvalue weighted by Crippen LogP contribution is -2.43. The van der Waals surface area contributed by atoms with Crippen molar-refractivity contribution in [3.05, 3.63) is 35.4 Å². The van der Waals surface area contributed by atoms with Crippen LogP contribution in [0.1, 0.15) is 11.1 Å². The van der Waals surface area contributed by atoms with E-state index in [1.165, 1.54) is 0 Å². The number of anilines is 1. The second kappa shape index (κ2) is 6.84. The van der Waals surface area contributed by atoms with Gasteiger partial charge in [-0.1, -0.05) is 0 Å². The highest BCUT2D eigenvalue weighted by Crippen LogP contribution is 2.52. The molecule has 1 aliphatic carbocycles. The van der Waals surface area contributed by atoms with Gasteiger partial charge in [0.15, 0.2) is 0 Å². The van der Waals surface area contributed by atoms with Crippen molar-refractivity contribution in [1.82, 2.24) is 0 Å². The first-order valence-electron chi connectivity index (χ1n) is 7.84. The van der Waals surface area contributed by atoms with E-state index >= 15 is 0 Å². The standard InChI is InChI=1S/C14H13NO13S4/c1-28-10-4-7-11(30(19,20)21)5-14(31(22,23)24,32(25,26)27)9-3-6(29(16,17)18)2-8(12(7)9)13(10)15/h2-5H,15H2,1H3,(H,16,17,18)(H,19,20,21)(H,22,23,24)(H,25,26,27). The predicted octanol–water partition coefficient (Wildman–Crippen LogP) is -0.152. The fourth-order valence-corrected chi connectivity index (χ4v) is 7.34. The van der Waals surface area contributed by atoms with Crippen molar-refractivity contribution in [1.29, 1.82) is 0 Å². The Morgan fingerprint density at radius 1 is 0.844 bits per heavy atom. The molecule has 0 spiro atoms. The van der Waals surface area contributed by atoms with Crippen LogP contribution in [0.4, 0.5) is 5.69 Å². The molecule has 0 aliphatic heterocycles. The fraction of sp³-hybridized carbons (Fsp3) is 0.143. The highest BCUT2D eigenvalue weighted by molar-refractivity contribution is 8.05. The minimum atomic E-state index is -6.06. The Labute approximate surface area is 181 Å². The number of nitrogen functional groups attached to an aromatic ring is 1. The summed E-state index contributed by atoms with van der Waals surface area (Å²) in [7, 11) is -21.7. The van der Waals surface area contributed by atoms with E-state index in [2.05, 4.69) is 0 Å². The molecule has 176 valence electrons. The van der Waals surface area contributed by atoms with Gasteiger partial charge in [0.2, 0.25) is 0 Å². The first-order valence-corrected chi connectivity index (χ1v) is 13.6. The van der Waals surface area contributed by atoms with Crippen LogP contribution < -0.4 is 10.5 Å². The molecule has 2 aromatic carbocycles. The molecule has 0 aromatic heterocycles. The van der Waals surface area contributed by atoms with E-state index in [0.717, 1.165) is 13.2 Å². The third-order valence-electron chi connectivity index (χ3n) is 4.74. The van der Waals surface area contributed by atoms with E-state index in [1.54, 1.807) is 0 Å². The lowest BCUT2D eigenvalue weighted by atomic mass is 9.91. The molecular weight excluding hydrogens is 518 g/mol. The summed E-state index contributed by atoms with van der Waals surface area (Å²) in [5.41, 5.74) is 3.61. The van der Waals surface area contributed by atoms with Crippen LogP contribution in [0, 0.1) is 0 Å². The Kier molecular flexibility index (Phi) is 5.20. The minimum Gasteiger partial charge on any atom is -0.495 e. The van der Waals surface area contributed by atoms with Crippen molar-refractivity contribution in [2.75, 3.05) is 12.8 Å². The van der Waals surface area contributed by atoms with Crippen LogP contribution in [0.3, 0.4) is 0 Å². The van der Waals surface area contributed by atoms with Crippen molar-refractivity contribution in [2.45, 2.75) is 8.97 Å². The highest BCUT2D eigenvalue weighted by atomic mass is 32.3. The van der Waals surface area contributed by atoms with Gasteiger partial charge in [0.1, 0.15) is 10.7 Å². The van der Waals surface area contributed by atoms with E-state index in [0.29, 0.717) is 6.07 Å². The average Bonchev–Trinajstić information content (AvgIpc) is 2.59. The minimum absolute atomic E-state index is 0.187. The van der Waals surface area contributed by atoms with Crippen LogP contribution in [0.25, 0.3) is 15.7 Å². The smallest absolute Gasteiger partial charge is 0.296 e. The number of hydrogen-bond acceptors (Lipinski definition) is 10. The summed E-state index contributed by atoms with van der Waals surface area (Å²) >= 11 is 0.